The van der Waals surface area contributed by atoms with Crippen LogP contribution in [-0.2, 0) is 11.3 Å². The monoisotopic (exact) mass is 261 g/mol. The number of amides is 1. The van der Waals surface area contributed by atoms with Crippen LogP contribution in [0.2, 0.25) is 0 Å². The molecule has 1 atom stereocenters. The number of aliphatic hydroxyl groups is 1. The zero-order valence-corrected chi connectivity index (χ0v) is 11.0. The van der Waals surface area contributed by atoms with Gasteiger partial charge < -0.3 is 9.84 Å². The van der Waals surface area contributed by atoms with E-state index in [4.69, 9.17) is 9.84 Å². The minimum atomic E-state index is -0.597. The van der Waals surface area contributed by atoms with Crippen molar-refractivity contribution < 1.29 is 14.6 Å². The summed E-state index contributed by atoms with van der Waals surface area (Å²) < 4.78 is 5.02. The van der Waals surface area contributed by atoms with Crippen molar-refractivity contribution in [3.8, 4) is 0 Å². The van der Waals surface area contributed by atoms with Gasteiger partial charge in [0.1, 0.15) is 6.61 Å². The van der Waals surface area contributed by atoms with Crippen molar-refractivity contribution in [2.75, 3.05) is 6.61 Å². The van der Waals surface area contributed by atoms with Crippen LogP contribution in [0.5, 0.6) is 0 Å². The molecule has 1 amide bonds. The Morgan fingerprint density at radius 2 is 2.16 bits per heavy atom. The van der Waals surface area contributed by atoms with Gasteiger partial charge in [-0.2, -0.15) is 4.99 Å². The number of benzene rings is 1. The van der Waals surface area contributed by atoms with E-state index >= 15 is 0 Å². The molecule has 4 heteroatoms. The Bertz CT molecular complexity index is 426. The topological polar surface area (TPSA) is 58.9 Å². The minimum absolute atomic E-state index is 0.0111. The molecule has 0 aromatic heterocycles. The molecule has 1 N–H and O–H groups in total. The fraction of sp³-hybridized carbons (Fsp3) is 0.333. The lowest BCUT2D eigenvalue weighted by atomic mass is 10.1. The van der Waals surface area contributed by atoms with E-state index < -0.39 is 6.09 Å². The summed E-state index contributed by atoms with van der Waals surface area (Å²) in [5.74, 6) is 0.0384. The van der Waals surface area contributed by atoms with Gasteiger partial charge in [0.2, 0.25) is 0 Å². The molecular weight excluding hydrogens is 242 g/mol. The Kier molecular flexibility index (Phi) is 7.20. The number of aliphatic imine (C=N–C) groups is 1. The van der Waals surface area contributed by atoms with Crippen molar-refractivity contribution in [2.45, 2.75) is 20.0 Å². The zero-order chi connectivity index (χ0) is 13.9. The van der Waals surface area contributed by atoms with E-state index in [1.54, 1.807) is 12.3 Å². The molecule has 0 bridgehead atoms. The Morgan fingerprint density at radius 1 is 1.42 bits per heavy atom. The molecule has 102 valence electrons. The molecule has 0 heterocycles. The third-order valence-electron chi connectivity index (χ3n) is 2.54. The molecular formula is C15H19NO3. The molecule has 1 aromatic rings. The second-order valence-electron chi connectivity index (χ2n) is 4.00. The van der Waals surface area contributed by atoms with Gasteiger partial charge in [-0.3, -0.25) is 0 Å². The highest BCUT2D eigenvalue weighted by atomic mass is 16.5. The number of carbonyl (C=O) groups excluding carboxylic acids is 1. The van der Waals surface area contributed by atoms with Crippen LogP contribution in [0.25, 0.3) is 0 Å². The summed E-state index contributed by atoms with van der Waals surface area (Å²) in [6, 6.07) is 9.45. The number of hydrogen-bond donors (Lipinski definition) is 1. The first-order valence-electron chi connectivity index (χ1n) is 6.28. The van der Waals surface area contributed by atoms with Gasteiger partial charge in [-0.1, -0.05) is 49.4 Å². The second-order valence-corrected chi connectivity index (χ2v) is 4.00. The van der Waals surface area contributed by atoms with E-state index in [1.807, 2.05) is 43.3 Å². The quantitative estimate of drug-likeness (QED) is 0.632. The van der Waals surface area contributed by atoms with Crippen molar-refractivity contribution in [3.63, 3.8) is 0 Å². The maximum atomic E-state index is 11.4. The fourth-order valence-electron chi connectivity index (χ4n) is 1.44. The Labute approximate surface area is 113 Å². The van der Waals surface area contributed by atoms with E-state index in [2.05, 4.69) is 4.99 Å². The Morgan fingerprint density at radius 3 is 2.79 bits per heavy atom. The molecule has 0 unspecified atom stereocenters. The third-order valence-corrected chi connectivity index (χ3v) is 2.54. The Hall–Kier alpha value is -1.94. The maximum Gasteiger partial charge on any atom is 0.433 e. The van der Waals surface area contributed by atoms with E-state index in [1.165, 1.54) is 0 Å². The van der Waals surface area contributed by atoms with E-state index in [0.717, 1.165) is 12.0 Å². The summed E-state index contributed by atoms with van der Waals surface area (Å²) in [6.45, 7) is 2.19. The zero-order valence-electron chi connectivity index (χ0n) is 11.0. The first-order chi connectivity index (χ1) is 9.26. The maximum absolute atomic E-state index is 11.4. The van der Waals surface area contributed by atoms with Gasteiger partial charge in [0.05, 0.1) is 6.61 Å². The summed E-state index contributed by atoms with van der Waals surface area (Å²) in [5.41, 5.74) is 0.929. The number of hydrogen-bond acceptors (Lipinski definition) is 3. The van der Waals surface area contributed by atoms with Crippen molar-refractivity contribution in [1.29, 1.82) is 0 Å². The average molecular weight is 261 g/mol. The molecule has 0 saturated carbocycles. The standard InChI is InChI=1S/C15H19NO3/c1-2-13(9-6-10-17)11-16-15(18)19-12-14-7-4-3-5-8-14/h3-9,11,13,17H,2,10,12H2,1H3/t13-/m1/s1. The van der Waals surface area contributed by atoms with Crippen LogP contribution in [0.15, 0.2) is 47.5 Å². The number of rotatable bonds is 6. The average Bonchev–Trinajstić information content (AvgIpc) is 2.46. The molecule has 0 aliphatic rings. The van der Waals surface area contributed by atoms with Crippen molar-refractivity contribution in [3.05, 3.63) is 48.0 Å². The van der Waals surface area contributed by atoms with Crippen LogP contribution < -0.4 is 0 Å². The van der Waals surface area contributed by atoms with Gasteiger partial charge in [0.25, 0.3) is 0 Å². The summed E-state index contributed by atoms with van der Waals surface area (Å²) in [4.78, 5) is 15.2. The molecule has 19 heavy (non-hydrogen) atoms. The number of ether oxygens (including phenoxy) is 1. The van der Waals surface area contributed by atoms with Gasteiger partial charge in [-0.15, -0.1) is 0 Å². The molecule has 4 nitrogen and oxygen atoms in total. The highest BCUT2D eigenvalue weighted by Crippen LogP contribution is 2.03. The fourth-order valence-corrected chi connectivity index (χ4v) is 1.44. The molecule has 1 aromatic carbocycles. The number of nitrogens with zero attached hydrogens (tertiary/aromatic N) is 1. The molecule has 0 fully saturated rings. The predicted molar refractivity (Wildman–Crippen MR) is 75.1 cm³/mol. The highest BCUT2D eigenvalue weighted by molar-refractivity contribution is 5.80. The van der Waals surface area contributed by atoms with E-state index in [-0.39, 0.29) is 19.1 Å². The second kappa shape index (κ2) is 9.05. The van der Waals surface area contributed by atoms with Crippen LogP contribution in [0.4, 0.5) is 4.79 Å². The minimum Gasteiger partial charge on any atom is -0.443 e. The van der Waals surface area contributed by atoms with Crippen LogP contribution in [-0.4, -0.2) is 24.0 Å². The lowest BCUT2D eigenvalue weighted by Gasteiger charge is -2.03. The van der Waals surface area contributed by atoms with E-state index in [9.17, 15) is 4.79 Å². The molecule has 0 aliphatic carbocycles. The van der Waals surface area contributed by atoms with Gasteiger partial charge in [0.15, 0.2) is 0 Å². The van der Waals surface area contributed by atoms with Gasteiger partial charge in [-0.25, -0.2) is 4.79 Å². The summed E-state index contributed by atoms with van der Waals surface area (Å²) in [5, 5.41) is 8.68. The normalized spacial score (nSPS) is 12.9. The largest absolute Gasteiger partial charge is 0.443 e. The number of carbonyl (C=O) groups is 1. The van der Waals surface area contributed by atoms with Crippen molar-refractivity contribution in [2.24, 2.45) is 10.9 Å². The van der Waals surface area contributed by atoms with Gasteiger partial charge in [-0.05, 0) is 12.0 Å². The van der Waals surface area contributed by atoms with E-state index in [0.29, 0.717) is 0 Å². The first-order valence-corrected chi connectivity index (χ1v) is 6.28. The molecule has 0 saturated heterocycles. The lowest BCUT2D eigenvalue weighted by Crippen LogP contribution is -2.03. The molecule has 0 aliphatic heterocycles. The van der Waals surface area contributed by atoms with Crippen LogP contribution in [0.3, 0.4) is 0 Å². The third kappa shape index (κ3) is 6.52. The van der Waals surface area contributed by atoms with Crippen molar-refractivity contribution in [1.82, 2.24) is 0 Å². The number of aliphatic hydroxyl groups excluding tert-OH is 1. The molecule has 0 spiro atoms. The molecule has 1 rings (SSSR count). The number of allylic oxidation sites excluding steroid dienone is 1. The van der Waals surface area contributed by atoms with Crippen LogP contribution >= 0.6 is 0 Å². The van der Waals surface area contributed by atoms with Crippen molar-refractivity contribution >= 4 is 12.3 Å². The predicted octanol–water partition coefficient (Wildman–Crippen LogP) is 2.97. The summed E-state index contributed by atoms with van der Waals surface area (Å²) in [7, 11) is 0. The van der Waals surface area contributed by atoms with Crippen LogP contribution in [0, 0.1) is 5.92 Å². The van der Waals surface area contributed by atoms with Gasteiger partial charge >= 0.3 is 6.09 Å². The first kappa shape index (κ1) is 15.1. The smallest absolute Gasteiger partial charge is 0.433 e. The van der Waals surface area contributed by atoms with Gasteiger partial charge in [0, 0.05) is 12.1 Å². The SMILES string of the molecule is CC[C@H](C=CCO)C=NC(=O)OCc1ccccc1. The lowest BCUT2D eigenvalue weighted by molar-refractivity contribution is 0.151. The molecule has 0 radical (unpaired) electrons. The summed E-state index contributed by atoms with van der Waals surface area (Å²) >= 11 is 0. The highest BCUT2D eigenvalue weighted by Gasteiger charge is 2.02. The Balaban J connectivity index is 2.39. The summed E-state index contributed by atoms with van der Waals surface area (Å²) in [6.07, 6.45) is 5.20. The van der Waals surface area contributed by atoms with Crippen LogP contribution in [0.1, 0.15) is 18.9 Å².